The van der Waals surface area contributed by atoms with E-state index in [1.807, 2.05) is 20.8 Å². The van der Waals surface area contributed by atoms with E-state index < -0.39 is 0 Å². The van der Waals surface area contributed by atoms with Gasteiger partial charge >= 0.3 is 0 Å². The molecule has 14 heavy (non-hydrogen) atoms. The van der Waals surface area contributed by atoms with Crippen LogP contribution in [0.5, 0.6) is 0 Å². The quantitative estimate of drug-likeness (QED) is 0.426. The average molecular weight is 235 g/mol. The Labute approximate surface area is 91.3 Å². The first-order valence-electron chi connectivity index (χ1n) is 4.28. The number of hydroxylamine groups is 2. The van der Waals surface area contributed by atoms with Crippen LogP contribution in [0, 0.1) is 0 Å². The molecule has 0 N–H and O–H groups in total. The predicted molar refractivity (Wildman–Crippen MR) is 57.1 cm³/mol. The third kappa shape index (κ3) is 3.51. The Balaban J connectivity index is 2.31. The summed E-state index contributed by atoms with van der Waals surface area (Å²) in [6.45, 7) is 6.09. The van der Waals surface area contributed by atoms with Crippen LogP contribution in [-0.4, -0.2) is 21.6 Å². The maximum Gasteiger partial charge on any atom is 0.255 e. The molecule has 4 nitrogen and oxygen atoms in total. The van der Waals surface area contributed by atoms with Crippen LogP contribution in [0.1, 0.15) is 33.6 Å². The largest absolute Gasteiger partial charge is 0.272 e. The molecule has 0 aliphatic carbocycles. The lowest BCUT2D eigenvalue weighted by molar-refractivity contribution is -0.161. The molecule has 6 heteroatoms. The number of hydrogen-bond donors (Lipinski definition) is 0. The molecule has 0 unspecified atom stereocenters. The maximum absolute atomic E-state index is 11.1. The fraction of sp³-hybridized carbons (Fsp3) is 0.750. The summed E-state index contributed by atoms with van der Waals surface area (Å²) in [5, 5.41) is 0.851. The maximum atomic E-state index is 11.1. The Morgan fingerprint density at radius 1 is 1.21 bits per heavy atom. The standard InChI is InChI=1S/C8H13NO3S2/c1-8(2,3)13-14-12-9-6(10)4-5-7(9)11/h4-5H2,1-3H3. The first kappa shape index (κ1) is 11.9. The average Bonchev–Trinajstić information content (AvgIpc) is 2.33. The summed E-state index contributed by atoms with van der Waals surface area (Å²) in [6, 6.07) is 0. The van der Waals surface area contributed by atoms with E-state index in [1.54, 1.807) is 0 Å². The Morgan fingerprint density at radius 2 is 1.71 bits per heavy atom. The van der Waals surface area contributed by atoms with Gasteiger partial charge in [-0.3, -0.25) is 9.59 Å². The van der Waals surface area contributed by atoms with Gasteiger partial charge in [0.2, 0.25) is 0 Å². The van der Waals surface area contributed by atoms with Gasteiger partial charge in [-0.15, -0.1) is 5.06 Å². The number of hydrogen-bond acceptors (Lipinski definition) is 5. The van der Waals surface area contributed by atoms with Crippen LogP contribution < -0.4 is 0 Å². The van der Waals surface area contributed by atoms with Gasteiger partial charge in [0.1, 0.15) is 0 Å². The number of rotatable bonds is 3. The van der Waals surface area contributed by atoms with Gasteiger partial charge in [0, 0.05) is 17.6 Å². The van der Waals surface area contributed by atoms with Crippen molar-refractivity contribution >= 4 is 33.7 Å². The van der Waals surface area contributed by atoms with Crippen molar-refractivity contribution in [2.75, 3.05) is 0 Å². The highest BCUT2D eigenvalue weighted by molar-refractivity contribution is 8.75. The molecular formula is C8H13NO3S2. The molecule has 0 aromatic heterocycles. The van der Waals surface area contributed by atoms with Gasteiger partial charge < -0.3 is 0 Å². The zero-order chi connectivity index (χ0) is 10.8. The molecule has 1 heterocycles. The van der Waals surface area contributed by atoms with Crippen molar-refractivity contribution in [1.82, 2.24) is 5.06 Å². The van der Waals surface area contributed by atoms with Crippen LogP contribution >= 0.6 is 21.9 Å². The monoisotopic (exact) mass is 235 g/mol. The van der Waals surface area contributed by atoms with Gasteiger partial charge in [-0.2, -0.15) is 4.28 Å². The molecule has 1 rings (SSSR count). The second-order valence-electron chi connectivity index (χ2n) is 3.92. The molecule has 1 aliphatic rings. The lowest BCUT2D eigenvalue weighted by atomic mass is 10.3. The van der Waals surface area contributed by atoms with Gasteiger partial charge in [-0.25, -0.2) is 0 Å². The molecule has 0 atom stereocenters. The third-order valence-electron chi connectivity index (χ3n) is 1.39. The molecule has 0 saturated carbocycles. The Bertz CT molecular complexity index is 233. The summed E-state index contributed by atoms with van der Waals surface area (Å²) in [5.41, 5.74) is 0. The molecule has 0 aromatic carbocycles. The minimum atomic E-state index is -0.253. The zero-order valence-electron chi connectivity index (χ0n) is 8.40. The Kier molecular flexibility index (Phi) is 3.86. The van der Waals surface area contributed by atoms with Crippen LogP contribution in [0.3, 0.4) is 0 Å². The summed E-state index contributed by atoms with van der Waals surface area (Å²) < 4.78 is 5.06. The molecule has 1 fully saturated rings. The van der Waals surface area contributed by atoms with E-state index in [2.05, 4.69) is 0 Å². The van der Waals surface area contributed by atoms with Crippen molar-refractivity contribution in [3.8, 4) is 0 Å². The van der Waals surface area contributed by atoms with Crippen molar-refractivity contribution < 1.29 is 13.9 Å². The number of amides is 2. The summed E-state index contributed by atoms with van der Waals surface area (Å²) in [5.74, 6) is -0.506. The Morgan fingerprint density at radius 3 is 2.14 bits per heavy atom. The van der Waals surface area contributed by atoms with Crippen molar-refractivity contribution in [2.24, 2.45) is 0 Å². The first-order valence-corrected chi connectivity index (χ1v) is 6.36. The number of imide groups is 1. The highest BCUT2D eigenvalue weighted by atomic mass is 33.1. The van der Waals surface area contributed by atoms with Crippen LogP contribution in [-0.2, 0) is 13.9 Å². The van der Waals surface area contributed by atoms with E-state index in [0.29, 0.717) is 0 Å². The Hall–Kier alpha value is -0.200. The van der Waals surface area contributed by atoms with Crippen molar-refractivity contribution in [2.45, 2.75) is 38.4 Å². The van der Waals surface area contributed by atoms with E-state index in [9.17, 15) is 9.59 Å². The van der Waals surface area contributed by atoms with Gasteiger partial charge in [0.25, 0.3) is 11.8 Å². The molecule has 0 aromatic rings. The summed E-state index contributed by atoms with van der Waals surface area (Å²) in [6.07, 6.45) is 0.527. The smallest absolute Gasteiger partial charge is 0.255 e. The molecule has 0 spiro atoms. The number of nitrogens with zero attached hydrogens (tertiary/aromatic N) is 1. The fourth-order valence-corrected chi connectivity index (χ4v) is 2.13. The number of carbonyl (C=O) groups is 2. The highest BCUT2D eigenvalue weighted by Crippen LogP contribution is 2.36. The fourth-order valence-electron chi connectivity index (χ4n) is 0.787. The summed E-state index contributed by atoms with van der Waals surface area (Å²) in [4.78, 5) is 22.2. The van der Waals surface area contributed by atoms with Gasteiger partial charge in [0.05, 0.1) is 11.1 Å². The first-order chi connectivity index (χ1) is 6.40. The SMILES string of the molecule is CC(C)(C)SSON1C(=O)CCC1=O. The van der Waals surface area contributed by atoms with E-state index in [4.69, 9.17) is 4.28 Å². The van der Waals surface area contributed by atoms with Gasteiger partial charge in [-0.1, -0.05) is 31.6 Å². The lowest BCUT2D eigenvalue weighted by Crippen LogP contribution is -2.26. The van der Waals surface area contributed by atoms with E-state index in [1.165, 1.54) is 10.8 Å². The van der Waals surface area contributed by atoms with Crippen LogP contribution in [0.4, 0.5) is 0 Å². The third-order valence-corrected chi connectivity index (χ3v) is 4.06. The van der Waals surface area contributed by atoms with E-state index in [-0.39, 0.29) is 29.4 Å². The van der Waals surface area contributed by atoms with Gasteiger partial charge in [0.15, 0.2) is 0 Å². The molecule has 0 bridgehead atoms. The lowest BCUT2D eigenvalue weighted by Gasteiger charge is -2.17. The van der Waals surface area contributed by atoms with Crippen LogP contribution in [0.15, 0.2) is 0 Å². The molecule has 1 saturated heterocycles. The molecule has 2 amide bonds. The normalized spacial score (nSPS) is 18.1. The highest BCUT2D eigenvalue weighted by Gasteiger charge is 2.31. The molecular weight excluding hydrogens is 222 g/mol. The topological polar surface area (TPSA) is 46.6 Å². The second-order valence-corrected chi connectivity index (χ2v) is 6.50. The summed E-state index contributed by atoms with van der Waals surface area (Å²) in [7, 11) is 1.47. The zero-order valence-corrected chi connectivity index (χ0v) is 10.0. The minimum absolute atomic E-state index is 0.0382. The van der Waals surface area contributed by atoms with Crippen molar-refractivity contribution in [3.63, 3.8) is 0 Å². The summed E-state index contributed by atoms with van der Waals surface area (Å²) >= 11 is 1.07. The van der Waals surface area contributed by atoms with E-state index >= 15 is 0 Å². The molecule has 0 radical (unpaired) electrons. The minimum Gasteiger partial charge on any atom is -0.272 e. The molecule has 80 valence electrons. The van der Waals surface area contributed by atoms with Gasteiger partial charge in [-0.05, 0) is 0 Å². The molecule has 1 aliphatic heterocycles. The van der Waals surface area contributed by atoms with Crippen LogP contribution in [0.25, 0.3) is 0 Å². The predicted octanol–water partition coefficient (Wildman–Crippen LogP) is 2.16. The van der Waals surface area contributed by atoms with Crippen LogP contribution in [0.2, 0.25) is 0 Å². The van der Waals surface area contributed by atoms with Crippen molar-refractivity contribution in [1.29, 1.82) is 0 Å². The van der Waals surface area contributed by atoms with E-state index in [0.717, 1.165) is 16.1 Å². The number of carbonyl (C=O) groups excluding carboxylic acids is 2. The second kappa shape index (κ2) is 4.55. The van der Waals surface area contributed by atoms with Crippen molar-refractivity contribution in [3.05, 3.63) is 0 Å².